The number of nitrogens with zero attached hydrogens (tertiary/aromatic N) is 5. The average molecular weight is 273 g/mol. The van der Waals surface area contributed by atoms with E-state index in [2.05, 4.69) is 30.0 Å². The number of aromatic nitrogens is 5. The molecule has 7 nitrogen and oxygen atoms in total. The zero-order chi connectivity index (χ0) is 14.1. The Kier molecular flexibility index (Phi) is 3.25. The summed E-state index contributed by atoms with van der Waals surface area (Å²) >= 11 is 0. The summed E-state index contributed by atoms with van der Waals surface area (Å²) in [6.07, 6.45) is 2.20. The number of nitrogen functional groups attached to an aromatic ring is 1. The molecule has 20 heavy (non-hydrogen) atoms. The van der Waals surface area contributed by atoms with E-state index in [0.29, 0.717) is 11.9 Å². The van der Waals surface area contributed by atoms with E-state index in [-0.39, 0.29) is 0 Å². The highest BCUT2D eigenvalue weighted by molar-refractivity contribution is 5.41. The maximum absolute atomic E-state index is 5.58. The first-order valence-electron chi connectivity index (χ1n) is 6.87. The van der Waals surface area contributed by atoms with Gasteiger partial charge < -0.3 is 10.6 Å². The first-order chi connectivity index (χ1) is 9.61. The fourth-order valence-electron chi connectivity index (χ4n) is 2.74. The molecular formula is C13H19N7. The molecule has 0 radical (unpaired) electrons. The van der Waals surface area contributed by atoms with Crippen LogP contribution < -0.4 is 10.6 Å². The third kappa shape index (κ3) is 2.56. The van der Waals surface area contributed by atoms with Gasteiger partial charge in [-0.15, -0.1) is 5.10 Å². The molecule has 2 aromatic heterocycles. The van der Waals surface area contributed by atoms with Crippen LogP contribution in [0, 0.1) is 13.8 Å². The van der Waals surface area contributed by atoms with Gasteiger partial charge in [0, 0.05) is 30.8 Å². The Balaban J connectivity index is 1.81. The van der Waals surface area contributed by atoms with Crippen LogP contribution >= 0.6 is 0 Å². The highest BCUT2D eigenvalue weighted by Crippen LogP contribution is 2.27. The van der Waals surface area contributed by atoms with Gasteiger partial charge in [-0.1, -0.05) is 0 Å². The van der Waals surface area contributed by atoms with Crippen LogP contribution in [0.1, 0.15) is 36.1 Å². The molecule has 0 aromatic carbocycles. The number of nitrogens with one attached hydrogen (secondary N) is 1. The zero-order valence-corrected chi connectivity index (χ0v) is 11.8. The Bertz CT molecular complexity index is 586. The van der Waals surface area contributed by atoms with Crippen molar-refractivity contribution in [3.05, 3.63) is 23.4 Å². The van der Waals surface area contributed by atoms with Crippen molar-refractivity contribution in [3.63, 3.8) is 0 Å². The summed E-state index contributed by atoms with van der Waals surface area (Å²) in [7, 11) is 0. The van der Waals surface area contributed by atoms with Crippen molar-refractivity contribution >= 4 is 11.8 Å². The second-order valence-electron chi connectivity index (χ2n) is 5.28. The third-order valence-electron chi connectivity index (χ3n) is 3.60. The molecule has 0 amide bonds. The van der Waals surface area contributed by atoms with Crippen molar-refractivity contribution in [3.8, 4) is 0 Å². The molecule has 1 unspecified atom stereocenters. The number of hydrogen-bond acceptors (Lipinski definition) is 6. The van der Waals surface area contributed by atoms with E-state index in [4.69, 9.17) is 5.73 Å². The molecule has 1 fully saturated rings. The predicted octanol–water partition coefficient (Wildman–Crippen LogP) is 1.18. The van der Waals surface area contributed by atoms with Gasteiger partial charge in [0.25, 0.3) is 0 Å². The summed E-state index contributed by atoms with van der Waals surface area (Å²) in [5.41, 5.74) is 6.58. The fraction of sp³-hybridized carbons (Fsp3) is 0.538. The number of aryl methyl sites for hydroxylation is 2. The maximum atomic E-state index is 5.58. The van der Waals surface area contributed by atoms with Gasteiger partial charge in [-0.3, -0.25) is 5.10 Å². The van der Waals surface area contributed by atoms with Crippen LogP contribution in [0.15, 0.2) is 6.07 Å². The quantitative estimate of drug-likeness (QED) is 0.852. The van der Waals surface area contributed by atoms with Gasteiger partial charge in [0.15, 0.2) is 0 Å². The van der Waals surface area contributed by atoms with Crippen molar-refractivity contribution in [2.75, 3.05) is 23.7 Å². The molecule has 2 aromatic rings. The van der Waals surface area contributed by atoms with Crippen LogP contribution in [0.5, 0.6) is 0 Å². The first-order valence-corrected chi connectivity index (χ1v) is 6.87. The molecule has 1 atom stereocenters. The van der Waals surface area contributed by atoms with Crippen LogP contribution in [0.3, 0.4) is 0 Å². The highest BCUT2D eigenvalue weighted by Gasteiger charge is 2.25. The first kappa shape index (κ1) is 12.8. The molecule has 0 aliphatic carbocycles. The molecule has 0 bridgehead atoms. The summed E-state index contributed by atoms with van der Waals surface area (Å²) in [5, 5.41) is 6.84. The Labute approximate surface area is 117 Å². The number of nitrogens with two attached hydrogens (primary N) is 1. The molecule has 0 saturated carbocycles. The number of aromatic amines is 1. The van der Waals surface area contributed by atoms with Crippen molar-refractivity contribution in [2.45, 2.75) is 32.6 Å². The van der Waals surface area contributed by atoms with Crippen molar-refractivity contribution in [2.24, 2.45) is 0 Å². The van der Waals surface area contributed by atoms with Gasteiger partial charge in [0.05, 0.1) is 0 Å². The van der Waals surface area contributed by atoms with E-state index in [1.165, 1.54) is 0 Å². The summed E-state index contributed by atoms with van der Waals surface area (Å²) in [6, 6.07) is 2.03. The lowest BCUT2D eigenvalue weighted by Crippen LogP contribution is -2.35. The summed E-state index contributed by atoms with van der Waals surface area (Å²) in [4.78, 5) is 15.4. The smallest absolute Gasteiger partial charge is 0.239 e. The molecule has 106 valence electrons. The summed E-state index contributed by atoms with van der Waals surface area (Å²) < 4.78 is 0. The average Bonchev–Trinajstić information content (AvgIpc) is 2.85. The van der Waals surface area contributed by atoms with Gasteiger partial charge in [0.1, 0.15) is 17.5 Å². The van der Waals surface area contributed by atoms with Crippen LogP contribution in [0.25, 0.3) is 0 Å². The topological polar surface area (TPSA) is 96.6 Å². The van der Waals surface area contributed by atoms with Crippen molar-refractivity contribution < 1.29 is 0 Å². The predicted molar refractivity (Wildman–Crippen MR) is 76.5 cm³/mol. The minimum Gasteiger partial charge on any atom is -0.367 e. The highest BCUT2D eigenvalue weighted by atomic mass is 15.3. The monoisotopic (exact) mass is 273 g/mol. The second kappa shape index (κ2) is 5.07. The standard InChI is InChI=1S/C13H19N7/c1-8-6-11(16-9(2)15-8)20-5-3-4-10(7-20)12-17-13(14)19-18-12/h6,10H,3-5,7H2,1-2H3,(H3,14,17,18,19). The Morgan fingerprint density at radius 3 is 2.85 bits per heavy atom. The van der Waals surface area contributed by atoms with E-state index >= 15 is 0 Å². The van der Waals surface area contributed by atoms with Crippen LogP contribution in [0.4, 0.5) is 11.8 Å². The Morgan fingerprint density at radius 2 is 2.15 bits per heavy atom. The number of rotatable bonds is 2. The van der Waals surface area contributed by atoms with Gasteiger partial charge in [-0.05, 0) is 26.7 Å². The molecule has 1 saturated heterocycles. The molecular weight excluding hydrogens is 254 g/mol. The minimum atomic E-state index is 0.311. The summed E-state index contributed by atoms with van der Waals surface area (Å²) in [6.45, 7) is 5.81. The molecule has 0 spiro atoms. The number of anilines is 2. The molecule has 3 N–H and O–H groups in total. The van der Waals surface area contributed by atoms with Crippen LogP contribution in [0.2, 0.25) is 0 Å². The SMILES string of the molecule is Cc1cc(N2CCCC(c3nc(N)n[nH]3)C2)nc(C)n1. The lowest BCUT2D eigenvalue weighted by Gasteiger charge is -2.32. The molecule has 3 heterocycles. The number of piperidine rings is 1. The maximum Gasteiger partial charge on any atom is 0.239 e. The molecule has 1 aliphatic rings. The van der Waals surface area contributed by atoms with E-state index in [0.717, 1.165) is 49.1 Å². The number of hydrogen-bond donors (Lipinski definition) is 2. The van der Waals surface area contributed by atoms with E-state index < -0.39 is 0 Å². The number of H-pyrrole nitrogens is 1. The van der Waals surface area contributed by atoms with E-state index in [1.807, 2.05) is 19.9 Å². The largest absolute Gasteiger partial charge is 0.367 e. The normalized spacial score (nSPS) is 19.3. The van der Waals surface area contributed by atoms with E-state index in [1.54, 1.807) is 0 Å². The third-order valence-corrected chi connectivity index (χ3v) is 3.60. The van der Waals surface area contributed by atoms with Crippen molar-refractivity contribution in [1.29, 1.82) is 0 Å². The fourth-order valence-corrected chi connectivity index (χ4v) is 2.74. The van der Waals surface area contributed by atoms with Gasteiger partial charge >= 0.3 is 0 Å². The lowest BCUT2D eigenvalue weighted by molar-refractivity contribution is 0.489. The second-order valence-corrected chi connectivity index (χ2v) is 5.28. The molecule has 3 rings (SSSR count). The zero-order valence-electron chi connectivity index (χ0n) is 11.8. The molecule has 1 aliphatic heterocycles. The summed E-state index contributed by atoms with van der Waals surface area (Å²) in [5.74, 6) is 3.31. The Morgan fingerprint density at radius 1 is 1.30 bits per heavy atom. The minimum absolute atomic E-state index is 0.311. The van der Waals surface area contributed by atoms with E-state index in [9.17, 15) is 0 Å². The van der Waals surface area contributed by atoms with Gasteiger partial charge in [0.2, 0.25) is 5.95 Å². The van der Waals surface area contributed by atoms with Gasteiger partial charge in [-0.25, -0.2) is 9.97 Å². The lowest BCUT2D eigenvalue weighted by atomic mass is 9.97. The van der Waals surface area contributed by atoms with Gasteiger partial charge in [-0.2, -0.15) is 4.98 Å². The molecule has 7 heteroatoms. The van der Waals surface area contributed by atoms with Crippen molar-refractivity contribution in [1.82, 2.24) is 25.1 Å². The Hall–Kier alpha value is -2.18. The van der Waals surface area contributed by atoms with Crippen LogP contribution in [-0.2, 0) is 0 Å². The van der Waals surface area contributed by atoms with Crippen LogP contribution in [-0.4, -0.2) is 38.2 Å².